The zero-order chi connectivity index (χ0) is 8.81. The van der Waals surface area contributed by atoms with Crippen LogP contribution in [-0.2, 0) is 11.2 Å². The molecule has 0 saturated carbocycles. The van der Waals surface area contributed by atoms with E-state index in [-0.39, 0.29) is 0 Å². The van der Waals surface area contributed by atoms with Crippen LogP contribution in [0, 0.1) is 0 Å². The summed E-state index contributed by atoms with van der Waals surface area (Å²) in [6.07, 6.45) is 5.84. The second-order valence-corrected chi connectivity index (χ2v) is 2.33. The van der Waals surface area contributed by atoms with Crippen LogP contribution in [-0.4, -0.2) is 7.11 Å². The van der Waals surface area contributed by atoms with Gasteiger partial charge in [-0.25, -0.2) is 0 Å². The van der Waals surface area contributed by atoms with Gasteiger partial charge in [-0.1, -0.05) is 12.7 Å². The Morgan fingerprint density at radius 3 is 3.08 bits per heavy atom. The molecular weight excluding hydrogens is 152 g/mol. The number of hydrogen-bond acceptors (Lipinski definition) is 2. The summed E-state index contributed by atoms with van der Waals surface area (Å²) in [5.74, 6) is 1.74. The van der Waals surface area contributed by atoms with Crippen molar-refractivity contribution in [2.75, 3.05) is 7.11 Å². The summed E-state index contributed by atoms with van der Waals surface area (Å²) in [6, 6.07) is 3.77. The highest BCUT2D eigenvalue weighted by Gasteiger charge is 1.99. The van der Waals surface area contributed by atoms with Gasteiger partial charge in [0.2, 0.25) is 0 Å². The maximum Gasteiger partial charge on any atom is 0.111 e. The summed E-state index contributed by atoms with van der Waals surface area (Å²) >= 11 is 0. The molecule has 0 N–H and O–H groups in total. The molecule has 0 aliphatic carbocycles. The second-order valence-electron chi connectivity index (χ2n) is 2.33. The number of furan rings is 1. The Hall–Kier alpha value is -1.44. The summed E-state index contributed by atoms with van der Waals surface area (Å²) in [5, 5.41) is 0. The molecule has 0 unspecified atom stereocenters. The molecule has 1 rings (SSSR count). The van der Waals surface area contributed by atoms with Crippen LogP contribution in [0.5, 0.6) is 0 Å². The van der Waals surface area contributed by atoms with Crippen LogP contribution in [0.3, 0.4) is 0 Å². The third-order valence-electron chi connectivity index (χ3n) is 1.49. The molecule has 12 heavy (non-hydrogen) atoms. The van der Waals surface area contributed by atoms with Gasteiger partial charge in [-0.15, -0.1) is 0 Å². The predicted molar refractivity (Wildman–Crippen MR) is 47.7 cm³/mol. The van der Waals surface area contributed by atoms with Crippen molar-refractivity contribution in [1.82, 2.24) is 0 Å². The highest BCUT2D eigenvalue weighted by Crippen LogP contribution is 2.08. The first kappa shape index (κ1) is 8.65. The zero-order valence-corrected chi connectivity index (χ0v) is 7.12. The van der Waals surface area contributed by atoms with Gasteiger partial charge in [-0.3, -0.25) is 0 Å². The van der Waals surface area contributed by atoms with Crippen molar-refractivity contribution in [2.45, 2.75) is 6.42 Å². The fourth-order valence-electron chi connectivity index (χ4n) is 0.915. The first-order valence-corrected chi connectivity index (χ1v) is 3.74. The van der Waals surface area contributed by atoms with Crippen LogP contribution in [0.15, 0.2) is 47.3 Å². The van der Waals surface area contributed by atoms with E-state index >= 15 is 0 Å². The molecule has 0 spiro atoms. The molecule has 0 aromatic carbocycles. The number of allylic oxidation sites excluding steroid dienone is 3. The Balaban J connectivity index is 2.60. The van der Waals surface area contributed by atoms with E-state index in [0.717, 1.165) is 11.5 Å². The fraction of sp³-hybridized carbons (Fsp3) is 0.200. The van der Waals surface area contributed by atoms with Crippen LogP contribution < -0.4 is 0 Å². The maximum absolute atomic E-state index is 5.16. The highest BCUT2D eigenvalue weighted by molar-refractivity contribution is 5.12. The molecule has 2 nitrogen and oxygen atoms in total. The lowest BCUT2D eigenvalue weighted by molar-refractivity contribution is 0.277. The van der Waals surface area contributed by atoms with Gasteiger partial charge in [0.05, 0.1) is 19.8 Å². The van der Waals surface area contributed by atoms with Crippen molar-refractivity contribution < 1.29 is 9.15 Å². The Morgan fingerprint density at radius 1 is 1.75 bits per heavy atom. The molecule has 1 heterocycles. The van der Waals surface area contributed by atoms with Crippen molar-refractivity contribution in [3.05, 3.63) is 48.6 Å². The lowest BCUT2D eigenvalue weighted by Gasteiger charge is -2.01. The zero-order valence-electron chi connectivity index (χ0n) is 7.12. The van der Waals surface area contributed by atoms with Crippen molar-refractivity contribution >= 4 is 0 Å². The molecule has 2 heteroatoms. The van der Waals surface area contributed by atoms with Crippen molar-refractivity contribution in [3.8, 4) is 0 Å². The van der Waals surface area contributed by atoms with Crippen LogP contribution >= 0.6 is 0 Å². The van der Waals surface area contributed by atoms with Crippen LogP contribution in [0.2, 0.25) is 0 Å². The largest absolute Gasteiger partial charge is 0.501 e. The van der Waals surface area contributed by atoms with Crippen LogP contribution in [0.25, 0.3) is 0 Å². The summed E-state index contributed by atoms with van der Waals surface area (Å²) in [4.78, 5) is 0. The monoisotopic (exact) mass is 164 g/mol. The highest BCUT2D eigenvalue weighted by atomic mass is 16.5. The SMILES string of the molecule is C=CC=C(Cc1ccco1)OC. The Morgan fingerprint density at radius 2 is 2.58 bits per heavy atom. The third-order valence-corrected chi connectivity index (χ3v) is 1.49. The number of rotatable bonds is 4. The average Bonchev–Trinajstić information content (AvgIpc) is 2.56. The van der Waals surface area contributed by atoms with E-state index < -0.39 is 0 Å². The molecule has 0 radical (unpaired) electrons. The third kappa shape index (κ3) is 2.31. The van der Waals surface area contributed by atoms with E-state index in [4.69, 9.17) is 9.15 Å². The van der Waals surface area contributed by atoms with Crippen LogP contribution in [0.4, 0.5) is 0 Å². The summed E-state index contributed by atoms with van der Waals surface area (Å²) in [7, 11) is 1.64. The van der Waals surface area contributed by atoms with Crippen molar-refractivity contribution in [2.24, 2.45) is 0 Å². The minimum atomic E-state index is 0.676. The van der Waals surface area contributed by atoms with Gasteiger partial charge in [0.15, 0.2) is 0 Å². The molecule has 0 saturated heterocycles. The quantitative estimate of drug-likeness (QED) is 0.504. The molecule has 1 aromatic rings. The summed E-state index contributed by atoms with van der Waals surface area (Å²) in [5.41, 5.74) is 0. The number of methoxy groups -OCH3 is 1. The number of ether oxygens (including phenoxy) is 1. The molecule has 0 aliphatic rings. The lowest BCUT2D eigenvalue weighted by atomic mass is 10.2. The van der Waals surface area contributed by atoms with Gasteiger partial charge < -0.3 is 9.15 Å². The topological polar surface area (TPSA) is 22.4 Å². The Kier molecular flexibility index (Phi) is 3.20. The fourth-order valence-corrected chi connectivity index (χ4v) is 0.915. The van der Waals surface area contributed by atoms with Gasteiger partial charge in [-0.2, -0.15) is 0 Å². The predicted octanol–water partition coefficient (Wildman–Crippen LogP) is 2.54. The molecule has 0 fully saturated rings. The lowest BCUT2D eigenvalue weighted by Crippen LogP contribution is -1.90. The standard InChI is InChI=1S/C10H12O2/c1-3-5-9(11-2)8-10-6-4-7-12-10/h3-7H,1,8H2,2H3. The molecule has 0 atom stereocenters. The minimum Gasteiger partial charge on any atom is -0.501 e. The number of hydrogen-bond donors (Lipinski definition) is 0. The maximum atomic E-state index is 5.16. The van der Waals surface area contributed by atoms with Crippen LogP contribution in [0.1, 0.15) is 5.76 Å². The van der Waals surface area contributed by atoms with Gasteiger partial charge in [-0.05, 0) is 18.2 Å². The normalized spacial score (nSPS) is 11.2. The smallest absolute Gasteiger partial charge is 0.111 e. The van der Waals surface area contributed by atoms with Crippen molar-refractivity contribution in [3.63, 3.8) is 0 Å². The van der Waals surface area contributed by atoms with E-state index in [2.05, 4.69) is 6.58 Å². The minimum absolute atomic E-state index is 0.676. The Bertz CT molecular complexity index is 257. The summed E-state index contributed by atoms with van der Waals surface area (Å²) < 4.78 is 10.3. The molecular formula is C10H12O2. The first-order valence-electron chi connectivity index (χ1n) is 3.74. The molecule has 0 aliphatic heterocycles. The van der Waals surface area contributed by atoms with E-state index in [1.54, 1.807) is 19.4 Å². The molecule has 1 aromatic heterocycles. The first-order chi connectivity index (χ1) is 5.86. The molecule has 0 amide bonds. The molecule has 0 bridgehead atoms. The van der Waals surface area contributed by atoms with Gasteiger partial charge >= 0.3 is 0 Å². The van der Waals surface area contributed by atoms with E-state index in [1.165, 1.54) is 0 Å². The van der Waals surface area contributed by atoms with Gasteiger partial charge in [0, 0.05) is 0 Å². The van der Waals surface area contributed by atoms with E-state index in [1.807, 2.05) is 18.2 Å². The van der Waals surface area contributed by atoms with Crippen molar-refractivity contribution in [1.29, 1.82) is 0 Å². The van der Waals surface area contributed by atoms with E-state index in [9.17, 15) is 0 Å². The average molecular weight is 164 g/mol. The second kappa shape index (κ2) is 4.44. The van der Waals surface area contributed by atoms with Gasteiger partial charge in [0.1, 0.15) is 11.5 Å². The molecule has 64 valence electrons. The van der Waals surface area contributed by atoms with Gasteiger partial charge in [0.25, 0.3) is 0 Å². The summed E-state index contributed by atoms with van der Waals surface area (Å²) in [6.45, 7) is 3.59. The van der Waals surface area contributed by atoms with E-state index in [0.29, 0.717) is 6.42 Å². The Labute approximate surface area is 72.1 Å².